The molecule has 0 saturated heterocycles. The second kappa shape index (κ2) is 10.1. The molecule has 1 aromatic rings. The minimum absolute atomic E-state index is 0.133. The van der Waals surface area contributed by atoms with Crippen LogP contribution < -0.4 is 4.74 Å². The van der Waals surface area contributed by atoms with E-state index in [0.717, 1.165) is 38.2 Å². The van der Waals surface area contributed by atoms with Crippen molar-refractivity contribution in [3.05, 3.63) is 34.9 Å². The fraction of sp³-hybridized carbons (Fsp3) is 0.625. The van der Waals surface area contributed by atoms with Gasteiger partial charge in [0, 0.05) is 13.1 Å². The van der Waals surface area contributed by atoms with Crippen molar-refractivity contribution in [2.45, 2.75) is 65.9 Å². The van der Waals surface area contributed by atoms with E-state index in [1.165, 1.54) is 16.7 Å². The standard InChI is InChI=1S/C24H37NO3/c1-7-8-13-27-22-10-9-19-15-21(18(2)14-20(19)16-22)17-25(6)12-11-23(26)28-24(3,4)5/h9-10,15-16,18H,7-8,11-14,17H2,1-6H3/t18-/m0/s1. The number of hydrogen-bond donors (Lipinski definition) is 0. The normalized spacial score (nSPS) is 16.5. The summed E-state index contributed by atoms with van der Waals surface area (Å²) < 4.78 is 11.3. The molecule has 0 radical (unpaired) electrons. The van der Waals surface area contributed by atoms with E-state index in [1.54, 1.807) is 0 Å². The number of benzene rings is 1. The molecule has 0 N–H and O–H groups in total. The van der Waals surface area contributed by atoms with Crippen LogP contribution in [-0.4, -0.2) is 43.2 Å². The number of hydrogen-bond acceptors (Lipinski definition) is 4. The Morgan fingerprint density at radius 2 is 2.04 bits per heavy atom. The highest BCUT2D eigenvalue weighted by atomic mass is 16.6. The van der Waals surface area contributed by atoms with Crippen molar-refractivity contribution in [3.8, 4) is 5.75 Å². The zero-order chi connectivity index (χ0) is 20.7. The largest absolute Gasteiger partial charge is 0.494 e. The van der Waals surface area contributed by atoms with Gasteiger partial charge in [0.05, 0.1) is 13.0 Å². The van der Waals surface area contributed by atoms with Crippen molar-refractivity contribution in [2.75, 3.05) is 26.7 Å². The van der Waals surface area contributed by atoms with Gasteiger partial charge in [0.25, 0.3) is 0 Å². The molecule has 0 unspecified atom stereocenters. The summed E-state index contributed by atoms with van der Waals surface area (Å²) in [6.45, 7) is 12.5. The first-order valence-electron chi connectivity index (χ1n) is 10.5. The number of carbonyl (C=O) groups excluding carboxylic acids is 1. The molecule has 0 aliphatic heterocycles. The Kier molecular flexibility index (Phi) is 8.11. The number of rotatable bonds is 9. The van der Waals surface area contributed by atoms with Gasteiger partial charge in [0.2, 0.25) is 0 Å². The molecule has 1 atom stereocenters. The number of ether oxygens (including phenoxy) is 2. The SMILES string of the molecule is CCCCOc1ccc2c(c1)C[C@H](C)C(CN(C)CCC(=O)OC(C)(C)C)=C2. The average Bonchev–Trinajstić information content (AvgIpc) is 2.59. The summed E-state index contributed by atoms with van der Waals surface area (Å²) in [5.41, 5.74) is 3.65. The van der Waals surface area contributed by atoms with Gasteiger partial charge in [-0.3, -0.25) is 4.79 Å². The fourth-order valence-corrected chi connectivity index (χ4v) is 3.39. The molecule has 0 fully saturated rings. The smallest absolute Gasteiger partial charge is 0.307 e. The van der Waals surface area contributed by atoms with Crippen LogP contribution in [0.2, 0.25) is 0 Å². The number of nitrogens with zero attached hydrogens (tertiary/aromatic N) is 1. The van der Waals surface area contributed by atoms with E-state index in [1.807, 2.05) is 20.8 Å². The summed E-state index contributed by atoms with van der Waals surface area (Å²) in [6.07, 6.45) is 6.00. The Bertz CT molecular complexity index is 688. The molecule has 1 aromatic carbocycles. The summed E-state index contributed by atoms with van der Waals surface area (Å²) in [6, 6.07) is 6.44. The van der Waals surface area contributed by atoms with Gasteiger partial charge in [-0.2, -0.15) is 0 Å². The average molecular weight is 388 g/mol. The molecule has 0 spiro atoms. The van der Waals surface area contributed by atoms with Crippen molar-refractivity contribution in [2.24, 2.45) is 5.92 Å². The third-order valence-corrected chi connectivity index (χ3v) is 4.95. The van der Waals surface area contributed by atoms with E-state index in [9.17, 15) is 4.79 Å². The van der Waals surface area contributed by atoms with Crippen LogP contribution in [0.1, 0.15) is 65.0 Å². The maximum absolute atomic E-state index is 11.9. The third kappa shape index (κ3) is 7.31. The maximum Gasteiger partial charge on any atom is 0.307 e. The highest BCUT2D eigenvalue weighted by Crippen LogP contribution is 2.31. The number of likely N-dealkylation sites (N-methyl/N-ethyl adjacent to an activating group) is 1. The van der Waals surface area contributed by atoms with Crippen molar-refractivity contribution >= 4 is 12.0 Å². The summed E-state index contributed by atoms with van der Waals surface area (Å²) >= 11 is 0. The lowest BCUT2D eigenvalue weighted by molar-refractivity contribution is -0.155. The van der Waals surface area contributed by atoms with Crippen molar-refractivity contribution in [1.82, 2.24) is 4.90 Å². The third-order valence-electron chi connectivity index (χ3n) is 4.95. The lowest BCUT2D eigenvalue weighted by atomic mass is 9.84. The number of carbonyl (C=O) groups is 1. The van der Waals surface area contributed by atoms with Gasteiger partial charge in [-0.25, -0.2) is 0 Å². The molecule has 2 rings (SSSR count). The minimum Gasteiger partial charge on any atom is -0.494 e. The quantitative estimate of drug-likeness (QED) is 0.436. The van der Waals surface area contributed by atoms with Crippen molar-refractivity contribution in [1.29, 1.82) is 0 Å². The van der Waals surface area contributed by atoms with E-state index < -0.39 is 5.60 Å². The van der Waals surface area contributed by atoms with Crippen LogP contribution in [0, 0.1) is 5.92 Å². The predicted octanol–water partition coefficient (Wildman–Crippen LogP) is 5.10. The van der Waals surface area contributed by atoms with Crippen molar-refractivity contribution < 1.29 is 14.3 Å². The Balaban J connectivity index is 1.93. The first kappa shape index (κ1) is 22.5. The summed E-state index contributed by atoms with van der Waals surface area (Å²) in [7, 11) is 2.07. The molecule has 28 heavy (non-hydrogen) atoms. The fourth-order valence-electron chi connectivity index (χ4n) is 3.39. The maximum atomic E-state index is 11.9. The molecular weight excluding hydrogens is 350 g/mol. The predicted molar refractivity (Wildman–Crippen MR) is 116 cm³/mol. The van der Waals surface area contributed by atoms with E-state index in [4.69, 9.17) is 9.47 Å². The molecule has 0 saturated carbocycles. The molecule has 1 aliphatic carbocycles. The zero-order valence-electron chi connectivity index (χ0n) is 18.5. The molecule has 4 heteroatoms. The van der Waals surface area contributed by atoms with E-state index >= 15 is 0 Å². The van der Waals surface area contributed by atoms with Gasteiger partial charge < -0.3 is 14.4 Å². The first-order chi connectivity index (χ1) is 13.2. The molecular formula is C24H37NO3. The van der Waals surface area contributed by atoms with Gasteiger partial charge >= 0.3 is 5.97 Å². The van der Waals surface area contributed by atoms with E-state index in [-0.39, 0.29) is 5.97 Å². The lowest BCUT2D eigenvalue weighted by Crippen LogP contribution is -2.30. The Hall–Kier alpha value is -1.81. The first-order valence-corrected chi connectivity index (χ1v) is 10.5. The minimum atomic E-state index is -0.418. The second-order valence-corrected chi connectivity index (χ2v) is 8.96. The Morgan fingerprint density at radius 1 is 1.29 bits per heavy atom. The molecule has 0 bridgehead atoms. The molecule has 156 valence electrons. The summed E-state index contributed by atoms with van der Waals surface area (Å²) in [4.78, 5) is 14.1. The van der Waals surface area contributed by atoms with Gasteiger partial charge in [-0.1, -0.05) is 38.0 Å². The van der Waals surface area contributed by atoms with Crippen LogP contribution in [0.15, 0.2) is 23.8 Å². The van der Waals surface area contributed by atoms with Crippen LogP contribution >= 0.6 is 0 Å². The molecule has 0 aromatic heterocycles. The molecule has 0 amide bonds. The van der Waals surface area contributed by atoms with Gasteiger partial charge in [-0.05, 0) is 69.8 Å². The van der Waals surface area contributed by atoms with Crippen LogP contribution in [0.3, 0.4) is 0 Å². The summed E-state index contributed by atoms with van der Waals surface area (Å²) in [5, 5.41) is 0. The van der Waals surface area contributed by atoms with Crippen LogP contribution in [0.5, 0.6) is 5.75 Å². The van der Waals surface area contributed by atoms with Gasteiger partial charge in [-0.15, -0.1) is 0 Å². The number of esters is 1. The second-order valence-electron chi connectivity index (χ2n) is 8.96. The van der Waals surface area contributed by atoms with E-state index in [0.29, 0.717) is 18.9 Å². The lowest BCUT2D eigenvalue weighted by Gasteiger charge is -2.27. The molecule has 4 nitrogen and oxygen atoms in total. The van der Waals surface area contributed by atoms with Gasteiger partial charge in [0.1, 0.15) is 11.4 Å². The number of unbranched alkanes of at least 4 members (excludes halogenated alkanes) is 1. The molecule has 0 heterocycles. The van der Waals surface area contributed by atoms with Gasteiger partial charge in [0.15, 0.2) is 0 Å². The van der Waals surface area contributed by atoms with Crippen LogP contribution in [-0.2, 0) is 16.0 Å². The number of fused-ring (bicyclic) bond motifs is 1. The van der Waals surface area contributed by atoms with Crippen molar-refractivity contribution in [3.63, 3.8) is 0 Å². The van der Waals surface area contributed by atoms with Crippen LogP contribution in [0.4, 0.5) is 0 Å². The topological polar surface area (TPSA) is 38.8 Å². The molecule has 1 aliphatic rings. The highest BCUT2D eigenvalue weighted by Gasteiger charge is 2.20. The summed E-state index contributed by atoms with van der Waals surface area (Å²) in [5.74, 6) is 1.33. The Labute approximate surface area is 170 Å². The zero-order valence-corrected chi connectivity index (χ0v) is 18.5. The van der Waals surface area contributed by atoms with E-state index in [2.05, 4.69) is 50.1 Å². The highest BCUT2D eigenvalue weighted by molar-refractivity contribution is 5.70. The monoisotopic (exact) mass is 387 g/mol. The van der Waals surface area contributed by atoms with Crippen LogP contribution in [0.25, 0.3) is 6.08 Å². The Morgan fingerprint density at radius 3 is 2.71 bits per heavy atom.